The van der Waals surface area contributed by atoms with Gasteiger partial charge in [-0.05, 0) is 25.0 Å². The van der Waals surface area contributed by atoms with Gasteiger partial charge >= 0.3 is 5.97 Å². The molecule has 8 heteroatoms. The van der Waals surface area contributed by atoms with Crippen molar-refractivity contribution < 1.29 is 19.4 Å². The third-order valence-corrected chi connectivity index (χ3v) is 4.47. The van der Waals surface area contributed by atoms with Crippen LogP contribution >= 0.6 is 0 Å². The summed E-state index contributed by atoms with van der Waals surface area (Å²) in [6.45, 7) is 1.59. The molecular weight excluding hydrogens is 324 g/mol. The van der Waals surface area contributed by atoms with Crippen molar-refractivity contribution in [2.75, 3.05) is 30.1 Å². The van der Waals surface area contributed by atoms with Crippen molar-refractivity contribution in [3.05, 3.63) is 30.6 Å². The molecule has 2 aliphatic heterocycles. The van der Waals surface area contributed by atoms with E-state index >= 15 is 0 Å². The van der Waals surface area contributed by atoms with Crippen LogP contribution in [0.4, 0.5) is 17.3 Å². The number of carboxylic acids is 1. The van der Waals surface area contributed by atoms with Crippen LogP contribution in [-0.4, -0.2) is 40.9 Å². The zero-order chi connectivity index (χ0) is 17.2. The van der Waals surface area contributed by atoms with Crippen molar-refractivity contribution in [1.82, 2.24) is 9.97 Å². The second kappa shape index (κ2) is 6.46. The van der Waals surface area contributed by atoms with Gasteiger partial charge < -0.3 is 24.8 Å². The maximum atomic E-state index is 11.1. The van der Waals surface area contributed by atoms with E-state index in [2.05, 4.69) is 20.2 Å². The van der Waals surface area contributed by atoms with Crippen molar-refractivity contribution in [1.29, 1.82) is 0 Å². The first kappa shape index (κ1) is 15.5. The summed E-state index contributed by atoms with van der Waals surface area (Å²) in [5.41, 5.74) is 0.846. The van der Waals surface area contributed by atoms with Crippen molar-refractivity contribution in [2.45, 2.75) is 12.8 Å². The van der Waals surface area contributed by atoms with Crippen LogP contribution in [0.3, 0.4) is 0 Å². The molecule has 4 rings (SSSR count). The summed E-state index contributed by atoms with van der Waals surface area (Å²) in [6.07, 6.45) is 2.77. The van der Waals surface area contributed by atoms with E-state index in [0.29, 0.717) is 37.5 Å². The Hall–Kier alpha value is -3.03. The monoisotopic (exact) mass is 342 g/mol. The van der Waals surface area contributed by atoms with Crippen LogP contribution in [0.5, 0.6) is 11.5 Å². The van der Waals surface area contributed by atoms with Gasteiger partial charge in [-0.15, -0.1) is 0 Å². The highest BCUT2D eigenvalue weighted by atomic mass is 16.7. The molecular formula is C17H18N4O4. The number of hydrogen-bond donors (Lipinski definition) is 2. The molecule has 1 aromatic carbocycles. The Morgan fingerprint density at radius 3 is 2.76 bits per heavy atom. The Kier molecular flexibility index (Phi) is 4.01. The summed E-state index contributed by atoms with van der Waals surface area (Å²) in [5, 5.41) is 12.3. The van der Waals surface area contributed by atoms with E-state index in [1.807, 2.05) is 24.3 Å². The van der Waals surface area contributed by atoms with Crippen molar-refractivity contribution >= 4 is 23.3 Å². The van der Waals surface area contributed by atoms with Gasteiger partial charge in [-0.2, -0.15) is 0 Å². The molecule has 0 radical (unpaired) electrons. The van der Waals surface area contributed by atoms with Gasteiger partial charge in [-0.25, -0.2) is 9.97 Å². The van der Waals surface area contributed by atoms with E-state index in [0.717, 1.165) is 17.3 Å². The van der Waals surface area contributed by atoms with Crippen LogP contribution < -0.4 is 19.7 Å². The van der Waals surface area contributed by atoms with Gasteiger partial charge in [0.2, 0.25) is 6.79 Å². The summed E-state index contributed by atoms with van der Waals surface area (Å²) < 4.78 is 10.7. The standard InChI is InChI=1S/C17H18N4O4/c22-17(23)11-3-5-21(6-4-11)16-8-15(18-9-19-16)20-12-1-2-13-14(7-12)25-10-24-13/h1-2,7-9,11H,3-6,10H2,(H,22,23)(H,18,19,20). The van der Waals surface area contributed by atoms with Gasteiger partial charge in [-0.1, -0.05) is 0 Å². The topological polar surface area (TPSA) is 96.8 Å². The maximum Gasteiger partial charge on any atom is 0.306 e. The molecule has 1 aromatic heterocycles. The number of anilines is 3. The minimum atomic E-state index is -0.715. The molecule has 2 N–H and O–H groups in total. The van der Waals surface area contributed by atoms with Gasteiger partial charge in [-0.3, -0.25) is 4.79 Å². The van der Waals surface area contributed by atoms with Crippen LogP contribution in [-0.2, 0) is 4.79 Å². The number of aliphatic carboxylic acids is 1. The Morgan fingerprint density at radius 2 is 1.96 bits per heavy atom. The first-order valence-corrected chi connectivity index (χ1v) is 8.15. The lowest BCUT2D eigenvalue weighted by Gasteiger charge is -2.31. The fourth-order valence-electron chi connectivity index (χ4n) is 3.07. The van der Waals surface area contributed by atoms with E-state index in [4.69, 9.17) is 14.6 Å². The highest BCUT2D eigenvalue weighted by molar-refractivity contribution is 5.70. The summed E-state index contributed by atoms with van der Waals surface area (Å²) in [5.74, 6) is 1.92. The Balaban J connectivity index is 1.46. The second-order valence-corrected chi connectivity index (χ2v) is 6.05. The van der Waals surface area contributed by atoms with E-state index < -0.39 is 5.97 Å². The zero-order valence-corrected chi connectivity index (χ0v) is 13.5. The number of piperidine rings is 1. The van der Waals surface area contributed by atoms with Crippen LogP contribution in [0.1, 0.15) is 12.8 Å². The normalized spacial score (nSPS) is 16.7. The molecule has 8 nitrogen and oxygen atoms in total. The fourth-order valence-corrected chi connectivity index (χ4v) is 3.07. The first-order chi connectivity index (χ1) is 12.2. The Bertz CT molecular complexity index is 790. The number of carboxylic acid groups (broad SMARTS) is 1. The van der Waals surface area contributed by atoms with Crippen LogP contribution in [0.2, 0.25) is 0 Å². The predicted octanol–water partition coefficient (Wildman–Crippen LogP) is 2.25. The Morgan fingerprint density at radius 1 is 1.16 bits per heavy atom. The molecule has 1 saturated heterocycles. The van der Waals surface area contributed by atoms with Crippen LogP contribution in [0.15, 0.2) is 30.6 Å². The smallest absolute Gasteiger partial charge is 0.306 e. The van der Waals surface area contributed by atoms with E-state index in [1.165, 1.54) is 6.33 Å². The highest BCUT2D eigenvalue weighted by Gasteiger charge is 2.25. The van der Waals surface area contributed by atoms with E-state index in [1.54, 1.807) is 0 Å². The minimum absolute atomic E-state index is 0.239. The van der Waals surface area contributed by atoms with Crippen LogP contribution in [0.25, 0.3) is 0 Å². The number of aromatic nitrogens is 2. The third kappa shape index (κ3) is 3.28. The SMILES string of the molecule is O=C(O)C1CCN(c2cc(Nc3ccc4c(c3)OCO4)ncn2)CC1. The quantitative estimate of drug-likeness (QED) is 0.873. The van der Waals surface area contributed by atoms with Gasteiger partial charge in [0.1, 0.15) is 18.0 Å². The number of fused-ring (bicyclic) bond motifs is 1. The molecule has 0 spiro atoms. The molecule has 0 bridgehead atoms. The largest absolute Gasteiger partial charge is 0.481 e. The predicted molar refractivity (Wildman–Crippen MR) is 90.5 cm³/mol. The lowest BCUT2D eigenvalue weighted by molar-refractivity contribution is -0.142. The number of carbonyl (C=O) groups is 1. The molecule has 0 saturated carbocycles. The van der Waals surface area contributed by atoms with E-state index in [-0.39, 0.29) is 12.7 Å². The molecule has 2 aromatic rings. The third-order valence-electron chi connectivity index (χ3n) is 4.47. The summed E-state index contributed by atoms with van der Waals surface area (Å²) >= 11 is 0. The molecule has 0 amide bonds. The Labute approximate surface area is 144 Å². The molecule has 0 atom stereocenters. The molecule has 3 heterocycles. The highest BCUT2D eigenvalue weighted by Crippen LogP contribution is 2.35. The lowest BCUT2D eigenvalue weighted by Crippen LogP contribution is -2.36. The minimum Gasteiger partial charge on any atom is -0.481 e. The molecule has 130 valence electrons. The second-order valence-electron chi connectivity index (χ2n) is 6.05. The van der Waals surface area contributed by atoms with Gasteiger partial charge in [0.25, 0.3) is 0 Å². The molecule has 0 aliphatic carbocycles. The van der Waals surface area contributed by atoms with Gasteiger partial charge in [0, 0.05) is 30.9 Å². The fraction of sp³-hybridized carbons (Fsp3) is 0.353. The molecule has 0 unspecified atom stereocenters. The number of benzene rings is 1. The number of ether oxygens (including phenoxy) is 2. The number of nitrogens with one attached hydrogen (secondary N) is 1. The summed E-state index contributed by atoms with van der Waals surface area (Å²) in [7, 11) is 0. The van der Waals surface area contributed by atoms with Crippen molar-refractivity contribution in [2.24, 2.45) is 5.92 Å². The molecule has 1 fully saturated rings. The van der Waals surface area contributed by atoms with Crippen molar-refractivity contribution in [3.8, 4) is 11.5 Å². The summed E-state index contributed by atoms with van der Waals surface area (Å²) in [4.78, 5) is 21.7. The van der Waals surface area contributed by atoms with Gasteiger partial charge in [0.15, 0.2) is 11.5 Å². The molecule has 25 heavy (non-hydrogen) atoms. The van der Waals surface area contributed by atoms with Crippen molar-refractivity contribution in [3.63, 3.8) is 0 Å². The number of hydrogen-bond acceptors (Lipinski definition) is 7. The molecule has 2 aliphatic rings. The maximum absolute atomic E-state index is 11.1. The lowest BCUT2D eigenvalue weighted by atomic mass is 9.97. The van der Waals surface area contributed by atoms with Gasteiger partial charge in [0.05, 0.1) is 5.92 Å². The zero-order valence-electron chi connectivity index (χ0n) is 13.5. The summed E-state index contributed by atoms with van der Waals surface area (Å²) in [6, 6.07) is 7.48. The number of rotatable bonds is 4. The average Bonchev–Trinajstić information content (AvgIpc) is 3.10. The average molecular weight is 342 g/mol. The first-order valence-electron chi connectivity index (χ1n) is 8.15. The van der Waals surface area contributed by atoms with Crippen LogP contribution in [0, 0.1) is 5.92 Å². The number of nitrogens with zero attached hydrogens (tertiary/aromatic N) is 3. The van der Waals surface area contributed by atoms with E-state index in [9.17, 15) is 4.79 Å².